The summed E-state index contributed by atoms with van der Waals surface area (Å²) < 4.78 is 18.4. The molecule has 1 aromatic rings. The van der Waals surface area contributed by atoms with Gasteiger partial charge in [0, 0.05) is 6.54 Å². The zero-order chi connectivity index (χ0) is 9.26. The van der Waals surface area contributed by atoms with E-state index < -0.39 is 0 Å². The van der Waals surface area contributed by atoms with Gasteiger partial charge in [0.2, 0.25) is 0 Å². The Morgan fingerprint density at radius 1 is 1.54 bits per heavy atom. The summed E-state index contributed by atoms with van der Waals surface area (Å²) >= 11 is 0. The molecule has 2 nitrogen and oxygen atoms in total. The monoisotopic (exact) mass is 181 g/mol. The lowest BCUT2D eigenvalue weighted by atomic mass is 10.1. The summed E-state index contributed by atoms with van der Waals surface area (Å²) in [6.45, 7) is 2.70. The second-order valence-corrected chi connectivity index (χ2v) is 3.23. The summed E-state index contributed by atoms with van der Waals surface area (Å²) in [6, 6.07) is 6.55. The number of hydrogen-bond donors (Lipinski definition) is 1. The summed E-state index contributed by atoms with van der Waals surface area (Å²) in [5, 5.41) is 3.14. The van der Waals surface area contributed by atoms with Crippen LogP contribution in [0.3, 0.4) is 0 Å². The van der Waals surface area contributed by atoms with Crippen LogP contribution in [-0.2, 0) is 4.74 Å². The van der Waals surface area contributed by atoms with Gasteiger partial charge in [0.15, 0.2) is 0 Å². The van der Waals surface area contributed by atoms with Crippen LogP contribution in [0.1, 0.15) is 18.6 Å². The molecule has 13 heavy (non-hydrogen) atoms. The van der Waals surface area contributed by atoms with Gasteiger partial charge in [0.05, 0.1) is 6.10 Å². The molecule has 2 rings (SSSR count). The summed E-state index contributed by atoms with van der Waals surface area (Å²) in [5.41, 5.74) is 0.900. The van der Waals surface area contributed by atoms with Crippen LogP contribution in [0.5, 0.6) is 0 Å². The Balaban J connectivity index is 2.16. The highest BCUT2D eigenvalue weighted by Gasteiger charge is 2.22. The van der Waals surface area contributed by atoms with E-state index in [2.05, 4.69) is 5.32 Å². The van der Waals surface area contributed by atoms with Gasteiger partial charge < -0.3 is 4.74 Å². The topological polar surface area (TPSA) is 21.3 Å². The van der Waals surface area contributed by atoms with Crippen LogP contribution in [0.2, 0.25) is 0 Å². The third kappa shape index (κ3) is 1.87. The van der Waals surface area contributed by atoms with Crippen molar-refractivity contribution in [2.24, 2.45) is 0 Å². The molecule has 1 aliphatic heterocycles. The number of nitrogens with one attached hydrogen (secondary N) is 1. The summed E-state index contributed by atoms with van der Waals surface area (Å²) in [7, 11) is 0. The van der Waals surface area contributed by atoms with E-state index in [0.29, 0.717) is 0 Å². The third-order valence-electron chi connectivity index (χ3n) is 2.18. The fraction of sp³-hybridized carbons (Fsp3) is 0.400. The lowest BCUT2D eigenvalue weighted by Crippen LogP contribution is -2.17. The maximum absolute atomic E-state index is 12.8. The predicted molar refractivity (Wildman–Crippen MR) is 47.7 cm³/mol. The van der Waals surface area contributed by atoms with Gasteiger partial charge in [-0.2, -0.15) is 0 Å². The molecule has 70 valence electrons. The molecule has 3 heteroatoms. The molecule has 0 bridgehead atoms. The average molecular weight is 181 g/mol. The van der Waals surface area contributed by atoms with Gasteiger partial charge in [-0.15, -0.1) is 0 Å². The molecule has 1 heterocycles. The minimum atomic E-state index is -0.208. The van der Waals surface area contributed by atoms with Crippen LogP contribution in [0, 0.1) is 5.82 Å². The van der Waals surface area contributed by atoms with Crippen LogP contribution in [-0.4, -0.2) is 12.8 Å². The van der Waals surface area contributed by atoms with Gasteiger partial charge in [0.25, 0.3) is 0 Å². The highest BCUT2D eigenvalue weighted by molar-refractivity contribution is 5.19. The number of ether oxygens (including phenoxy) is 1. The Labute approximate surface area is 76.7 Å². The van der Waals surface area contributed by atoms with E-state index in [0.717, 1.165) is 12.1 Å². The Kier molecular flexibility index (Phi) is 2.29. The fourth-order valence-electron chi connectivity index (χ4n) is 1.52. The number of rotatable bonds is 1. The van der Waals surface area contributed by atoms with Crippen molar-refractivity contribution in [3.05, 3.63) is 35.6 Å². The van der Waals surface area contributed by atoms with E-state index in [1.807, 2.05) is 13.0 Å². The number of halogens is 1. The van der Waals surface area contributed by atoms with Crippen molar-refractivity contribution in [2.75, 3.05) is 6.54 Å². The molecule has 2 atom stereocenters. The fourth-order valence-corrected chi connectivity index (χ4v) is 1.52. The van der Waals surface area contributed by atoms with Gasteiger partial charge in [0.1, 0.15) is 12.0 Å². The van der Waals surface area contributed by atoms with Crippen LogP contribution >= 0.6 is 0 Å². The van der Waals surface area contributed by atoms with E-state index in [9.17, 15) is 4.39 Å². The lowest BCUT2D eigenvalue weighted by Gasteiger charge is -2.09. The zero-order valence-corrected chi connectivity index (χ0v) is 7.46. The normalized spacial score (nSPS) is 27.8. The molecule has 1 aromatic carbocycles. The van der Waals surface area contributed by atoms with E-state index >= 15 is 0 Å². The molecular weight excluding hydrogens is 169 g/mol. The minimum absolute atomic E-state index is 0.00861. The SMILES string of the molecule is CC1NCC(c2cccc(F)c2)O1. The minimum Gasteiger partial charge on any atom is -0.354 e. The van der Waals surface area contributed by atoms with Crippen molar-refractivity contribution in [2.45, 2.75) is 19.3 Å². The van der Waals surface area contributed by atoms with Crippen molar-refractivity contribution in [1.82, 2.24) is 5.32 Å². The Morgan fingerprint density at radius 3 is 3.00 bits per heavy atom. The molecule has 0 radical (unpaired) electrons. The van der Waals surface area contributed by atoms with Crippen molar-refractivity contribution >= 4 is 0 Å². The predicted octanol–water partition coefficient (Wildman–Crippen LogP) is 1.83. The zero-order valence-electron chi connectivity index (χ0n) is 7.46. The third-order valence-corrected chi connectivity index (χ3v) is 2.18. The Hall–Kier alpha value is -0.930. The van der Waals surface area contributed by atoms with Crippen molar-refractivity contribution in [1.29, 1.82) is 0 Å². The summed E-state index contributed by atoms with van der Waals surface area (Å²) in [6.07, 6.45) is 0.0546. The molecule has 2 unspecified atom stereocenters. The molecule has 1 fully saturated rings. The van der Waals surface area contributed by atoms with Crippen LogP contribution in [0.25, 0.3) is 0 Å². The van der Waals surface area contributed by atoms with E-state index in [1.54, 1.807) is 6.07 Å². The number of benzene rings is 1. The van der Waals surface area contributed by atoms with Crippen molar-refractivity contribution < 1.29 is 9.13 Å². The molecule has 0 spiro atoms. The van der Waals surface area contributed by atoms with Gasteiger partial charge in [-0.3, -0.25) is 5.32 Å². The molecule has 1 N–H and O–H groups in total. The van der Waals surface area contributed by atoms with Crippen LogP contribution in [0.4, 0.5) is 4.39 Å². The Bertz CT molecular complexity index is 303. The van der Waals surface area contributed by atoms with Crippen LogP contribution in [0.15, 0.2) is 24.3 Å². The van der Waals surface area contributed by atoms with Crippen molar-refractivity contribution in [3.63, 3.8) is 0 Å². The largest absolute Gasteiger partial charge is 0.354 e. The van der Waals surface area contributed by atoms with Crippen LogP contribution < -0.4 is 5.32 Å². The second kappa shape index (κ2) is 3.44. The standard InChI is InChI=1S/C10H12FNO/c1-7-12-6-10(13-7)8-3-2-4-9(11)5-8/h2-5,7,10,12H,6H2,1H3. The maximum Gasteiger partial charge on any atom is 0.123 e. The lowest BCUT2D eigenvalue weighted by molar-refractivity contribution is 0.0528. The highest BCUT2D eigenvalue weighted by Crippen LogP contribution is 2.22. The molecule has 0 amide bonds. The molecule has 0 saturated carbocycles. The van der Waals surface area contributed by atoms with E-state index in [-0.39, 0.29) is 18.1 Å². The van der Waals surface area contributed by atoms with Gasteiger partial charge in [-0.1, -0.05) is 12.1 Å². The second-order valence-electron chi connectivity index (χ2n) is 3.23. The highest BCUT2D eigenvalue weighted by atomic mass is 19.1. The first kappa shape index (κ1) is 8.66. The van der Waals surface area contributed by atoms with Gasteiger partial charge >= 0.3 is 0 Å². The average Bonchev–Trinajstić information content (AvgIpc) is 2.52. The Morgan fingerprint density at radius 2 is 2.38 bits per heavy atom. The first-order valence-corrected chi connectivity index (χ1v) is 4.40. The summed E-state index contributed by atoms with van der Waals surface area (Å²) in [5.74, 6) is -0.208. The smallest absolute Gasteiger partial charge is 0.123 e. The molecule has 1 aliphatic rings. The molecular formula is C10H12FNO. The molecule has 0 aromatic heterocycles. The van der Waals surface area contributed by atoms with E-state index in [1.165, 1.54) is 12.1 Å². The van der Waals surface area contributed by atoms with Gasteiger partial charge in [-0.25, -0.2) is 4.39 Å². The van der Waals surface area contributed by atoms with Crippen molar-refractivity contribution in [3.8, 4) is 0 Å². The maximum atomic E-state index is 12.8. The molecule has 0 aliphatic carbocycles. The first-order valence-electron chi connectivity index (χ1n) is 4.40. The molecule has 1 saturated heterocycles. The quantitative estimate of drug-likeness (QED) is 0.713. The van der Waals surface area contributed by atoms with E-state index in [4.69, 9.17) is 4.74 Å². The van der Waals surface area contributed by atoms with Gasteiger partial charge in [-0.05, 0) is 24.6 Å². The first-order chi connectivity index (χ1) is 6.25. The summed E-state index contributed by atoms with van der Waals surface area (Å²) in [4.78, 5) is 0. The number of hydrogen-bond acceptors (Lipinski definition) is 2.